The highest BCUT2D eigenvalue weighted by molar-refractivity contribution is 9.10. The molecule has 1 aromatic rings. The number of anilines is 1. The summed E-state index contributed by atoms with van der Waals surface area (Å²) in [6, 6.07) is 9.10. The number of nitrogens with zero attached hydrogens (tertiary/aromatic N) is 2. The van der Waals surface area contributed by atoms with Crippen LogP contribution in [0.1, 0.15) is 12.8 Å². The first-order valence-corrected chi connectivity index (χ1v) is 7.41. The molecule has 2 N–H and O–H groups in total. The van der Waals surface area contributed by atoms with Gasteiger partial charge in [-0.3, -0.25) is 0 Å². The van der Waals surface area contributed by atoms with E-state index in [4.69, 9.17) is 5.73 Å². The van der Waals surface area contributed by atoms with E-state index in [1.165, 1.54) is 18.7 Å². The molecule has 1 saturated heterocycles. The van der Waals surface area contributed by atoms with Gasteiger partial charge in [0.25, 0.3) is 0 Å². The summed E-state index contributed by atoms with van der Waals surface area (Å²) in [7, 11) is 2.20. The summed E-state index contributed by atoms with van der Waals surface area (Å²) in [6.07, 6.45) is 2.26. The van der Waals surface area contributed by atoms with Gasteiger partial charge in [-0.2, -0.15) is 0 Å². The minimum atomic E-state index is 0.525. The van der Waals surface area contributed by atoms with Gasteiger partial charge < -0.3 is 15.5 Å². The van der Waals surface area contributed by atoms with Crippen LogP contribution < -0.4 is 10.6 Å². The predicted molar refractivity (Wildman–Crippen MR) is 81.1 cm³/mol. The third kappa shape index (κ3) is 3.46. The average molecular weight is 312 g/mol. The maximum Gasteiger partial charge on any atom is 0.0428 e. The minimum absolute atomic E-state index is 0.525. The molecule has 18 heavy (non-hydrogen) atoms. The van der Waals surface area contributed by atoms with E-state index in [-0.39, 0.29) is 0 Å². The molecule has 0 aromatic heterocycles. The maximum atomic E-state index is 5.77. The average Bonchev–Trinajstić information content (AvgIpc) is 2.51. The molecular formula is C14H22BrN3. The van der Waals surface area contributed by atoms with Crippen LogP contribution >= 0.6 is 15.9 Å². The van der Waals surface area contributed by atoms with Crippen molar-refractivity contribution in [1.29, 1.82) is 0 Å². The fourth-order valence-corrected chi connectivity index (χ4v) is 3.06. The lowest BCUT2D eigenvalue weighted by molar-refractivity contribution is 0.326. The molecule has 1 atom stereocenters. The van der Waals surface area contributed by atoms with E-state index in [1.54, 1.807) is 0 Å². The largest absolute Gasteiger partial charge is 0.367 e. The van der Waals surface area contributed by atoms with Gasteiger partial charge in [-0.15, -0.1) is 0 Å². The number of hydrogen-bond acceptors (Lipinski definition) is 3. The van der Waals surface area contributed by atoms with E-state index in [0.29, 0.717) is 6.04 Å². The lowest BCUT2D eigenvalue weighted by Crippen LogP contribution is -2.41. The summed E-state index contributed by atoms with van der Waals surface area (Å²) in [5.74, 6) is 0. The molecular weight excluding hydrogens is 290 g/mol. The standard InChI is InChI=1S/C14H22BrN3/c1-17-8-3-9-18(14(11-17)6-7-16)13-5-2-4-12(15)10-13/h2,4-5,10,14H,3,6-9,11,16H2,1H3. The Hall–Kier alpha value is -0.580. The van der Waals surface area contributed by atoms with Gasteiger partial charge in [0.2, 0.25) is 0 Å². The van der Waals surface area contributed by atoms with Crippen molar-refractivity contribution in [1.82, 2.24) is 4.90 Å². The van der Waals surface area contributed by atoms with Crippen LogP contribution in [0.25, 0.3) is 0 Å². The molecule has 1 fully saturated rings. The third-order valence-electron chi connectivity index (χ3n) is 3.54. The van der Waals surface area contributed by atoms with Crippen LogP contribution in [0.2, 0.25) is 0 Å². The third-order valence-corrected chi connectivity index (χ3v) is 4.04. The second-order valence-corrected chi connectivity index (χ2v) is 5.94. The molecule has 1 unspecified atom stereocenters. The summed E-state index contributed by atoms with van der Waals surface area (Å²) >= 11 is 3.56. The van der Waals surface area contributed by atoms with Gasteiger partial charge in [0, 0.05) is 29.3 Å². The maximum absolute atomic E-state index is 5.77. The Bertz CT molecular complexity index is 383. The SMILES string of the molecule is CN1CCCN(c2cccc(Br)c2)C(CCN)C1. The van der Waals surface area contributed by atoms with Crippen molar-refractivity contribution in [2.24, 2.45) is 5.73 Å². The summed E-state index contributed by atoms with van der Waals surface area (Å²) in [5, 5.41) is 0. The fourth-order valence-electron chi connectivity index (χ4n) is 2.68. The quantitative estimate of drug-likeness (QED) is 0.930. The van der Waals surface area contributed by atoms with Crippen molar-refractivity contribution in [3.8, 4) is 0 Å². The monoisotopic (exact) mass is 311 g/mol. The van der Waals surface area contributed by atoms with Crippen LogP contribution in [0.15, 0.2) is 28.7 Å². The van der Waals surface area contributed by atoms with Gasteiger partial charge in [-0.05, 0) is 51.2 Å². The van der Waals surface area contributed by atoms with Gasteiger partial charge >= 0.3 is 0 Å². The van der Waals surface area contributed by atoms with E-state index in [2.05, 4.69) is 57.0 Å². The van der Waals surface area contributed by atoms with Gasteiger partial charge in [0.1, 0.15) is 0 Å². The Labute approximate surface area is 118 Å². The first kappa shape index (κ1) is 13.8. The van der Waals surface area contributed by atoms with Crippen molar-refractivity contribution in [2.75, 3.05) is 38.1 Å². The van der Waals surface area contributed by atoms with Crippen LogP contribution in [0.5, 0.6) is 0 Å². The second-order valence-electron chi connectivity index (χ2n) is 5.02. The van der Waals surface area contributed by atoms with Gasteiger partial charge in [0.15, 0.2) is 0 Å². The van der Waals surface area contributed by atoms with E-state index in [9.17, 15) is 0 Å². The van der Waals surface area contributed by atoms with Crippen molar-refractivity contribution >= 4 is 21.6 Å². The molecule has 1 aliphatic rings. The Morgan fingerprint density at radius 2 is 2.22 bits per heavy atom. The molecule has 0 bridgehead atoms. The van der Waals surface area contributed by atoms with Crippen LogP contribution in [0, 0.1) is 0 Å². The Morgan fingerprint density at radius 3 is 2.94 bits per heavy atom. The molecule has 1 aromatic carbocycles. The molecule has 100 valence electrons. The number of rotatable bonds is 3. The Balaban J connectivity index is 2.21. The highest BCUT2D eigenvalue weighted by Crippen LogP contribution is 2.24. The van der Waals surface area contributed by atoms with Crippen LogP contribution in [0.4, 0.5) is 5.69 Å². The van der Waals surface area contributed by atoms with Gasteiger partial charge in [0.05, 0.1) is 0 Å². The Kier molecular flexibility index (Phi) is 5.03. The van der Waals surface area contributed by atoms with Crippen LogP contribution in [-0.2, 0) is 0 Å². The second kappa shape index (κ2) is 6.55. The van der Waals surface area contributed by atoms with E-state index < -0.39 is 0 Å². The smallest absolute Gasteiger partial charge is 0.0428 e. The van der Waals surface area contributed by atoms with Crippen molar-refractivity contribution in [3.63, 3.8) is 0 Å². The molecule has 1 heterocycles. The zero-order valence-corrected chi connectivity index (χ0v) is 12.6. The highest BCUT2D eigenvalue weighted by Gasteiger charge is 2.23. The molecule has 0 spiro atoms. The molecule has 3 nitrogen and oxygen atoms in total. The molecule has 0 amide bonds. The summed E-state index contributed by atoms with van der Waals surface area (Å²) in [4.78, 5) is 4.93. The highest BCUT2D eigenvalue weighted by atomic mass is 79.9. The molecule has 1 aliphatic heterocycles. The number of halogens is 1. The predicted octanol–water partition coefficient (Wildman–Crippen LogP) is 2.31. The lowest BCUT2D eigenvalue weighted by atomic mass is 10.1. The number of benzene rings is 1. The van der Waals surface area contributed by atoms with Crippen LogP contribution in [0.3, 0.4) is 0 Å². The molecule has 0 radical (unpaired) electrons. The fraction of sp³-hybridized carbons (Fsp3) is 0.571. The Morgan fingerprint density at radius 1 is 1.39 bits per heavy atom. The molecule has 0 aliphatic carbocycles. The van der Waals surface area contributed by atoms with Gasteiger partial charge in [-0.25, -0.2) is 0 Å². The zero-order valence-electron chi connectivity index (χ0n) is 11.0. The van der Waals surface area contributed by atoms with Crippen molar-refractivity contribution in [2.45, 2.75) is 18.9 Å². The van der Waals surface area contributed by atoms with Crippen LogP contribution in [-0.4, -0.2) is 44.2 Å². The molecule has 0 saturated carbocycles. The van der Waals surface area contributed by atoms with Crippen molar-refractivity contribution in [3.05, 3.63) is 28.7 Å². The molecule has 4 heteroatoms. The number of likely N-dealkylation sites (N-methyl/N-ethyl adjacent to an activating group) is 1. The molecule has 2 rings (SSSR count). The first-order valence-electron chi connectivity index (χ1n) is 6.61. The normalized spacial score (nSPS) is 21.9. The summed E-state index contributed by atoms with van der Waals surface area (Å²) < 4.78 is 1.14. The first-order chi connectivity index (χ1) is 8.70. The van der Waals surface area contributed by atoms with E-state index in [1.807, 2.05) is 0 Å². The lowest BCUT2D eigenvalue weighted by Gasteiger charge is -2.33. The minimum Gasteiger partial charge on any atom is -0.367 e. The van der Waals surface area contributed by atoms with Gasteiger partial charge in [-0.1, -0.05) is 22.0 Å². The topological polar surface area (TPSA) is 32.5 Å². The summed E-state index contributed by atoms with van der Waals surface area (Å²) in [6.45, 7) is 4.14. The van der Waals surface area contributed by atoms with E-state index >= 15 is 0 Å². The van der Waals surface area contributed by atoms with Crippen molar-refractivity contribution < 1.29 is 0 Å². The number of nitrogens with two attached hydrogens (primary N) is 1. The van der Waals surface area contributed by atoms with E-state index in [0.717, 1.165) is 30.5 Å². The zero-order chi connectivity index (χ0) is 13.0. The summed E-state index contributed by atoms with van der Waals surface area (Å²) in [5.41, 5.74) is 7.08. The number of hydrogen-bond donors (Lipinski definition) is 1.